The summed E-state index contributed by atoms with van der Waals surface area (Å²) >= 11 is 12.4. The predicted molar refractivity (Wildman–Crippen MR) is 157 cm³/mol. The molecule has 208 valence electrons. The molecule has 0 aliphatic heterocycles. The topological polar surface area (TPSA) is 86.8 Å². The van der Waals surface area contributed by atoms with Crippen LogP contribution in [0.25, 0.3) is 0 Å². The van der Waals surface area contributed by atoms with Crippen molar-refractivity contribution < 1.29 is 18.0 Å². The molecule has 3 aromatic carbocycles. The average Bonchev–Trinajstić information content (AvgIpc) is 2.92. The van der Waals surface area contributed by atoms with Crippen molar-refractivity contribution in [3.05, 3.63) is 94.0 Å². The number of carbonyl (C=O) groups is 2. The van der Waals surface area contributed by atoms with E-state index in [2.05, 4.69) is 5.32 Å². The largest absolute Gasteiger partial charge is 0.352 e. The molecule has 3 rings (SSSR count). The number of aryl methyl sites for hydroxylation is 1. The van der Waals surface area contributed by atoms with E-state index in [0.29, 0.717) is 10.0 Å². The van der Waals surface area contributed by atoms with Crippen LogP contribution >= 0.6 is 23.2 Å². The highest BCUT2D eigenvalue weighted by molar-refractivity contribution is 7.92. The molecule has 39 heavy (non-hydrogen) atoms. The Morgan fingerprint density at radius 2 is 1.59 bits per heavy atom. The monoisotopic (exact) mass is 589 g/mol. The van der Waals surface area contributed by atoms with E-state index in [1.807, 2.05) is 13.8 Å². The number of nitrogens with zero attached hydrogens (tertiary/aromatic N) is 2. The van der Waals surface area contributed by atoms with Crippen LogP contribution in [0.5, 0.6) is 0 Å². The lowest BCUT2D eigenvalue weighted by Gasteiger charge is -2.32. The molecule has 0 aliphatic rings. The maximum Gasteiger partial charge on any atom is 0.264 e. The molecular formula is C29H33Cl2N3O4S. The van der Waals surface area contributed by atoms with Crippen molar-refractivity contribution in [1.29, 1.82) is 0 Å². The van der Waals surface area contributed by atoms with Gasteiger partial charge >= 0.3 is 0 Å². The van der Waals surface area contributed by atoms with Crippen molar-refractivity contribution in [3.8, 4) is 0 Å². The zero-order valence-corrected chi connectivity index (χ0v) is 24.7. The van der Waals surface area contributed by atoms with Crippen molar-refractivity contribution in [1.82, 2.24) is 10.2 Å². The van der Waals surface area contributed by atoms with E-state index in [0.717, 1.165) is 21.9 Å². The maximum atomic E-state index is 13.9. The molecule has 0 heterocycles. The van der Waals surface area contributed by atoms with Gasteiger partial charge in [-0.1, -0.05) is 66.5 Å². The molecule has 0 bridgehead atoms. The van der Waals surface area contributed by atoms with Crippen LogP contribution in [-0.4, -0.2) is 43.8 Å². The van der Waals surface area contributed by atoms with Crippen molar-refractivity contribution in [2.45, 2.75) is 57.6 Å². The van der Waals surface area contributed by atoms with E-state index >= 15 is 0 Å². The minimum atomic E-state index is -4.15. The second-order valence-electron chi connectivity index (χ2n) is 9.40. The average molecular weight is 591 g/mol. The van der Waals surface area contributed by atoms with Crippen LogP contribution in [-0.2, 0) is 26.2 Å². The molecular weight excluding hydrogens is 557 g/mol. The predicted octanol–water partition coefficient (Wildman–Crippen LogP) is 5.83. The summed E-state index contributed by atoms with van der Waals surface area (Å²) in [4.78, 5) is 28.4. The summed E-state index contributed by atoms with van der Waals surface area (Å²) in [6.07, 6.45) is 0.723. The summed E-state index contributed by atoms with van der Waals surface area (Å²) < 4.78 is 28.6. The van der Waals surface area contributed by atoms with E-state index in [9.17, 15) is 18.0 Å². The number of amides is 2. The number of hydrogen-bond acceptors (Lipinski definition) is 4. The molecule has 0 unspecified atom stereocenters. The molecule has 0 saturated heterocycles. The fourth-order valence-electron chi connectivity index (χ4n) is 3.82. The van der Waals surface area contributed by atoms with Gasteiger partial charge in [-0.15, -0.1) is 0 Å². The Morgan fingerprint density at radius 1 is 0.949 bits per heavy atom. The highest BCUT2D eigenvalue weighted by atomic mass is 35.5. The standard InChI is InChI=1S/C29H33Cl2N3O4S/c1-5-21(3)32-29(36)22(4)33(18-23-12-14-24(30)15-13-23)28(35)19-34(25-16-11-20(2)27(31)17-25)39(37,38)26-9-7-6-8-10-26/h6-17,21-22H,5,18-19H2,1-4H3,(H,32,36)/t21-,22+/m1/s1. The normalized spacial score (nSPS) is 12.9. The van der Waals surface area contributed by atoms with Gasteiger partial charge in [-0.3, -0.25) is 13.9 Å². The molecule has 0 saturated carbocycles. The van der Waals surface area contributed by atoms with Gasteiger partial charge in [0.25, 0.3) is 10.0 Å². The van der Waals surface area contributed by atoms with Crippen molar-refractivity contribution in [2.75, 3.05) is 10.8 Å². The first-order chi connectivity index (χ1) is 18.4. The van der Waals surface area contributed by atoms with Crippen LogP contribution in [0.4, 0.5) is 5.69 Å². The number of carbonyl (C=O) groups excluding carboxylic acids is 2. The SMILES string of the molecule is CC[C@@H](C)NC(=O)[C@H](C)N(Cc1ccc(Cl)cc1)C(=O)CN(c1ccc(C)c(Cl)c1)S(=O)(=O)c1ccccc1. The third kappa shape index (κ3) is 7.75. The van der Waals surface area contributed by atoms with Crippen LogP contribution in [0.2, 0.25) is 10.0 Å². The molecule has 1 N–H and O–H groups in total. The van der Waals surface area contributed by atoms with Gasteiger partial charge in [0.05, 0.1) is 10.6 Å². The lowest BCUT2D eigenvalue weighted by atomic mass is 10.1. The summed E-state index contributed by atoms with van der Waals surface area (Å²) in [5, 5.41) is 3.82. The summed E-state index contributed by atoms with van der Waals surface area (Å²) in [7, 11) is -4.15. The molecule has 0 aromatic heterocycles. The molecule has 2 amide bonds. The molecule has 0 spiro atoms. The number of halogens is 2. The van der Waals surface area contributed by atoms with Gasteiger partial charge in [-0.2, -0.15) is 0 Å². The smallest absolute Gasteiger partial charge is 0.264 e. The molecule has 2 atom stereocenters. The summed E-state index contributed by atoms with van der Waals surface area (Å²) in [6, 6.07) is 18.7. The second kappa shape index (κ2) is 13.3. The van der Waals surface area contributed by atoms with Gasteiger partial charge in [-0.05, 0) is 74.7 Å². The van der Waals surface area contributed by atoms with E-state index < -0.39 is 28.5 Å². The van der Waals surface area contributed by atoms with Crippen LogP contribution < -0.4 is 9.62 Å². The van der Waals surface area contributed by atoms with Crippen LogP contribution in [0.15, 0.2) is 77.7 Å². The first-order valence-corrected chi connectivity index (χ1v) is 14.8. The van der Waals surface area contributed by atoms with Gasteiger partial charge in [-0.25, -0.2) is 8.42 Å². The third-order valence-corrected chi connectivity index (χ3v) is 8.94. The van der Waals surface area contributed by atoms with Crippen LogP contribution in [0.3, 0.4) is 0 Å². The number of rotatable bonds is 11. The van der Waals surface area contributed by atoms with Gasteiger partial charge in [0.1, 0.15) is 12.6 Å². The zero-order valence-electron chi connectivity index (χ0n) is 22.4. The number of anilines is 1. The molecule has 3 aromatic rings. The minimum absolute atomic E-state index is 0.0290. The number of hydrogen-bond donors (Lipinski definition) is 1. The van der Waals surface area contributed by atoms with Crippen molar-refractivity contribution in [2.24, 2.45) is 0 Å². The third-order valence-electron chi connectivity index (χ3n) is 6.49. The quantitative estimate of drug-likeness (QED) is 0.305. The highest BCUT2D eigenvalue weighted by Gasteiger charge is 2.33. The Bertz CT molecular complexity index is 1400. The summed E-state index contributed by atoms with van der Waals surface area (Å²) in [6.45, 7) is 6.81. The molecule has 0 radical (unpaired) electrons. The number of sulfonamides is 1. The molecule has 0 fully saturated rings. The number of nitrogens with one attached hydrogen (secondary N) is 1. The Morgan fingerprint density at radius 3 is 2.18 bits per heavy atom. The van der Waals surface area contributed by atoms with Crippen LogP contribution in [0, 0.1) is 6.92 Å². The van der Waals surface area contributed by atoms with Crippen LogP contribution in [0.1, 0.15) is 38.3 Å². The van der Waals surface area contributed by atoms with Gasteiger partial charge in [0.2, 0.25) is 11.8 Å². The second-order valence-corrected chi connectivity index (χ2v) is 12.1. The minimum Gasteiger partial charge on any atom is -0.352 e. The molecule has 10 heteroatoms. The zero-order chi connectivity index (χ0) is 28.7. The van der Waals surface area contributed by atoms with E-state index in [1.54, 1.807) is 68.4 Å². The van der Waals surface area contributed by atoms with E-state index in [4.69, 9.17) is 23.2 Å². The Labute approximate surface area is 240 Å². The first kappa shape index (κ1) is 30.5. The fraction of sp³-hybridized carbons (Fsp3) is 0.310. The van der Waals surface area contributed by atoms with Gasteiger partial charge in [0, 0.05) is 22.6 Å². The number of benzene rings is 3. The highest BCUT2D eigenvalue weighted by Crippen LogP contribution is 2.28. The Kier molecular flexibility index (Phi) is 10.4. The van der Waals surface area contributed by atoms with E-state index in [1.165, 1.54) is 23.1 Å². The lowest BCUT2D eigenvalue weighted by Crippen LogP contribution is -2.52. The maximum absolute atomic E-state index is 13.9. The van der Waals surface area contributed by atoms with Gasteiger partial charge in [0.15, 0.2) is 0 Å². The van der Waals surface area contributed by atoms with Crippen molar-refractivity contribution in [3.63, 3.8) is 0 Å². The first-order valence-electron chi connectivity index (χ1n) is 12.6. The van der Waals surface area contributed by atoms with Gasteiger partial charge < -0.3 is 10.2 Å². The summed E-state index contributed by atoms with van der Waals surface area (Å²) in [5.41, 5.74) is 1.75. The Balaban J connectivity index is 2.03. The molecule has 7 nitrogen and oxygen atoms in total. The summed E-state index contributed by atoms with van der Waals surface area (Å²) in [5.74, 6) is -0.879. The molecule has 0 aliphatic carbocycles. The van der Waals surface area contributed by atoms with E-state index in [-0.39, 0.29) is 29.1 Å². The fourth-order valence-corrected chi connectivity index (χ4v) is 5.55. The Hall–Kier alpha value is -3.07. The lowest BCUT2D eigenvalue weighted by molar-refractivity contribution is -0.139. The van der Waals surface area contributed by atoms with Crippen molar-refractivity contribution >= 4 is 50.7 Å².